The van der Waals surface area contributed by atoms with Crippen molar-refractivity contribution in [1.29, 1.82) is 0 Å². The van der Waals surface area contributed by atoms with Gasteiger partial charge in [-0.05, 0) is 67.9 Å². The smallest absolute Gasteiger partial charge is 0.251 e. The predicted octanol–water partition coefficient (Wildman–Crippen LogP) is 0.395. The molecule has 0 saturated carbocycles. The second-order valence-corrected chi connectivity index (χ2v) is 7.43. The van der Waals surface area contributed by atoms with Gasteiger partial charge in [0.15, 0.2) is 5.78 Å². The fourth-order valence-corrected chi connectivity index (χ4v) is 3.25. The van der Waals surface area contributed by atoms with Crippen LogP contribution < -0.4 is 21.7 Å². The summed E-state index contributed by atoms with van der Waals surface area (Å²) in [6, 6.07) is 12.8. The molecule has 0 bridgehead atoms. The van der Waals surface area contributed by atoms with Crippen LogP contribution in [0.1, 0.15) is 34.3 Å². The van der Waals surface area contributed by atoms with Crippen molar-refractivity contribution >= 4 is 23.3 Å². The van der Waals surface area contributed by atoms with Gasteiger partial charge in [-0.25, -0.2) is 0 Å². The fourth-order valence-electron chi connectivity index (χ4n) is 3.25. The van der Waals surface area contributed by atoms with Crippen molar-refractivity contribution in [2.24, 2.45) is 5.73 Å². The molecule has 2 atom stereocenters. The summed E-state index contributed by atoms with van der Waals surface area (Å²) in [5, 5.41) is 17.5. The highest BCUT2D eigenvalue weighted by Gasteiger charge is 2.21. The normalized spacial score (nSPS) is 15.9. The molecule has 0 radical (unpaired) electrons. The summed E-state index contributed by atoms with van der Waals surface area (Å²) in [4.78, 5) is 35.9. The van der Waals surface area contributed by atoms with Gasteiger partial charge in [0.1, 0.15) is 12.6 Å². The SMILES string of the molecule is NC[C@H](NC(=O)c1ccc(C#Cc2ccc(NC(=O)[C@@H]3CCCN3)cc2)cc1)C(=O)CO. The lowest BCUT2D eigenvalue weighted by atomic mass is 10.1. The molecule has 2 aromatic rings. The van der Waals surface area contributed by atoms with Crippen molar-refractivity contribution in [3.8, 4) is 11.8 Å². The first-order valence-corrected chi connectivity index (χ1v) is 10.4. The van der Waals surface area contributed by atoms with Crippen LogP contribution in [0.4, 0.5) is 5.69 Å². The van der Waals surface area contributed by atoms with Crippen molar-refractivity contribution in [2.75, 3.05) is 25.0 Å². The lowest BCUT2D eigenvalue weighted by Gasteiger charge is -2.14. The lowest BCUT2D eigenvalue weighted by Crippen LogP contribution is -2.46. The number of rotatable bonds is 7. The van der Waals surface area contributed by atoms with Gasteiger partial charge in [0, 0.05) is 28.9 Å². The minimum atomic E-state index is -0.922. The average Bonchev–Trinajstić information content (AvgIpc) is 3.37. The number of amides is 2. The molecule has 1 saturated heterocycles. The van der Waals surface area contributed by atoms with Crippen molar-refractivity contribution in [1.82, 2.24) is 10.6 Å². The molecule has 1 aliphatic rings. The predicted molar refractivity (Wildman–Crippen MR) is 121 cm³/mol. The highest BCUT2D eigenvalue weighted by atomic mass is 16.3. The molecule has 1 heterocycles. The molecule has 8 nitrogen and oxygen atoms in total. The first-order valence-electron chi connectivity index (χ1n) is 10.4. The Bertz CT molecular complexity index is 1020. The van der Waals surface area contributed by atoms with E-state index in [9.17, 15) is 14.4 Å². The number of Topliss-reactive ketones (excluding diaryl/α,β-unsaturated/α-hetero) is 1. The van der Waals surface area contributed by atoms with Gasteiger partial charge in [-0.15, -0.1) is 0 Å². The van der Waals surface area contributed by atoms with Gasteiger partial charge >= 0.3 is 0 Å². The highest BCUT2D eigenvalue weighted by molar-refractivity contribution is 5.98. The van der Waals surface area contributed by atoms with E-state index < -0.39 is 24.3 Å². The number of carbonyl (C=O) groups is 3. The number of hydrogen-bond donors (Lipinski definition) is 5. The minimum absolute atomic E-state index is 0.0241. The average molecular weight is 434 g/mol. The molecular formula is C24H26N4O4. The molecule has 0 aliphatic carbocycles. The van der Waals surface area contributed by atoms with E-state index in [0.29, 0.717) is 11.1 Å². The van der Waals surface area contributed by atoms with Crippen molar-refractivity contribution in [2.45, 2.75) is 24.9 Å². The van der Waals surface area contributed by atoms with E-state index in [1.165, 1.54) is 0 Å². The van der Waals surface area contributed by atoms with Crippen molar-refractivity contribution in [3.63, 3.8) is 0 Å². The lowest BCUT2D eigenvalue weighted by molar-refractivity contribution is -0.123. The number of benzene rings is 2. The zero-order valence-corrected chi connectivity index (χ0v) is 17.6. The quantitative estimate of drug-likeness (QED) is 0.401. The topological polar surface area (TPSA) is 134 Å². The second-order valence-electron chi connectivity index (χ2n) is 7.43. The molecule has 1 aliphatic heterocycles. The summed E-state index contributed by atoms with van der Waals surface area (Å²) < 4.78 is 0. The van der Waals surface area contributed by atoms with Gasteiger partial charge in [-0.2, -0.15) is 0 Å². The van der Waals surface area contributed by atoms with E-state index in [1.807, 2.05) is 24.3 Å². The zero-order valence-electron chi connectivity index (χ0n) is 17.6. The van der Waals surface area contributed by atoms with Crippen LogP contribution in [0, 0.1) is 11.8 Å². The third-order valence-electron chi connectivity index (χ3n) is 5.11. The maximum atomic E-state index is 12.2. The number of hydrogen-bond acceptors (Lipinski definition) is 6. The summed E-state index contributed by atoms with van der Waals surface area (Å²) in [6.45, 7) is 0.103. The minimum Gasteiger partial charge on any atom is -0.388 e. The Morgan fingerprint density at radius 2 is 1.69 bits per heavy atom. The summed E-state index contributed by atoms with van der Waals surface area (Å²) >= 11 is 0. The van der Waals surface area contributed by atoms with Crippen LogP contribution in [0.5, 0.6) is 0 Å². The molecular weight excluding hydrogens is 408 g/mol. The fraction of sp³-hybridized carbons (Fsp3) is 0.292. The monoisotopic (exact) mass is 434 g/mol. The van der Waals surface area contributed by atoms with Crippen molar-refractivity contribution < 1.29 is 19.5 Å². The Kier molecular flexibility index (Phi) is 8.11. The molecule has 2 amide bonds. The number of aliphatic hydroxyl groups excluding tert-OH is 1. The van der Waals surface area contributed by atoms with Gasteiger partial charge in [-0.3, -0.25) is 14.4 Å². The Balaban J connectivity index is 1.57. The maximum absolute atomic E-state index is 12.2. The Labute approximate surface area is 186 Å². The molecule has 3 rings (SSSR count). The first kappa shape index (κ1) is 23.2. The van der Waals surface area contributed by atoms with Crippen LogP contribution in [-0.2, 0) is 9.59 Å². The van der Waals surface area contributed by atoms with E-state index in [1.54, 1.807) is 24.3 Å². The van der Waals surface area contributed by atoms with E-state index in [-0.39, 0.29) is 18.5 Å². The molecule has 6 N–H and O–H groups in total. The summed E-state index contributed by atoms with van der Waals surface area (Å²) in [5.41, 5.74) is 8.05. The second kappa shape index (κ2) is 11.2. The van der Waals surface area contributed by atoms with Crippen LogP contribution in [0.25, 0.3) is 0 Å². The van der Waals surface area contributed by atoms with E-state index in [4.69, 9.17) is 10.8 Å². The Morgan fingerprint density at radius 1 is 1.06 bits per heavy atom. The van der Waals surface area contributed by atoms with Gasteiger partial charge in [-0.1, -0.05) is 11.8 Å². The third kappa shape index (κ3) is 6.25. The van der Waals surface area contributed by atoms with E-state index in [0.717, 1.165) is 30.6 Å². The zero-order chi connectivity index (χ0) is 22.9. The standard InChI is InChI=1S/C24H26N4O4/c25-14-21(22(30)15-29)28-23(31)18-9-5-16(6-10-18)3-4-17-7-11-19(12-8-17)27-24(32)20-2-1-13-26-20/h5-12,20-21,26,29H,1-2,13-15,25H2,(H,27,32)(H,28,31)/t20-,21-/m0/s1. The van der Waals surface area contributed by atoms with Crippen molar-refractivity contribution in [3.05, 3.63) is 65.2 Å². The molecule has 1 fully saturated rings. The van der Waals surface area contributed by atoms with Crippen LogP contribution in [0.2, 0.25) is 0 Å². The molecule has 0 aromatic heterocycles. The van der Waals surface area contributed by atoms with Crippen LogP contribution in [0.15, 0.2) is 48.5 Å². The summed E-state index contributed by atoms with van der Waals surface area (Å²) in [5.74, 6) is 5.06. The summed E-state index contributed by atoms with van der Waals surface area (Å²) in [7, 11) is 0. The number of anilines is 1. The van der Waals surface area contributed by atoms with Gasteiger partial charge in [0.05, 0.1) is 6.04 Å². The van der Waals surface area contributed by atoms with Gasteiger partial charge < -0.3 is 26.8 Å². The highest BCUT2D eigenvalue weighted by Crippen LogP contribution is 2.12. The molecule has 32 heavy (non-hydrogen) atoms. The van der Waals surface area contributed by atoms with Gasteiger partial charge in [0.25, 0.3) is 5.91 Å². The Hall–Kier alpha value is -3.51. The molecule has 0 spiro atoms. The third-order valence-corrected chi connectivity index (χ3v) is 5.11. The summed E-state index contributed by atoms with van der Waals surface area (Å²) in [6.07, 6.45) is 1.86. The van der Waals surface area contributed by atoms with Gasteiger partial charge in [0.2, 0.25) is 5.91 Å². The molecule has 0 unspecified atom stereocenters. The number of ketones is 1. The molecule has 2 aromatic carbocycles. The number of nitrogens with one attached hydrogen (secondary N) is 3. The van der Waals surface area contributed by atoms with E-state index in [2.05, 4.69) is 27.8 Å². The number of carbonyl (C=O) groups excluding carboxylic acids is 3. The van der Waals surface area contributed by atoms with Crippen LogP contribution in [0.3, 0.4) is 0 Å². The van der Waals surface area contributed by atoms with E-state index >= 15 is 0 Å². The molecule has 8 heteroatoms. The Morgan fingerprint density at radius 3 is 2.22 bits per heavy atom. The maximum Gasteiger partial charge on any atom is 0.251 e. The largest absolute Gasteiger partial charge is 0.388 e. The number of aliphatic hydroxyl groups is 1. The van der Waals surface area contributed by atoms with Crippen LogP contribution in [-0.4, -0.2) is 54.5 Å². The molecule has 166 valence electrons. The number of nitrogens with two attached hydrogens (primary N) is 1. The first-order chi connectivity index (χ1) is 15.5. The van der Waals surface area contributed by atoms with Crippen LogP contribution >= 0.6 is 0 Å².